The molecule has 0 spiro atoms. The average molecular weight is 264 g/mol. The molecule has 1 aliphatic rings. The van der Waals surface area contributed by atoms with Crippen molar-refractivity contribution in [3.05, 3.63) is 24.2 Å². The fraction of sp³-hybridized carbons (Fsp3) is 0.750. The van der Waals surface area contributed by atoms with E-state index in [0.29, 0.717) is 18.1 Å². The summed E-state index contributed by atoms with van der Waals surface area (Å²) >= 11 is 0. The first-order chi connectivity index (χ1) is 9.26. The summed E-state index contributed by atoms with van der Waals surface area (Å²) in [6.45, 7) is 5.67. The van der Waals surface area contributed by atoms with E-state index in [9.17, 15) is 0 Å². The summed E-state index contributed by atoms with van der Waals surface area (Å²) in [6.07, 6.45) is 8.89. The van der Waals surface area contributed by atoms with Crippen molar-refractivity contribution in [3.8, 4) is 0 Å². The molecule has 1 aliphatic carbocycles. The monoisotopic (exact) mass is 264 g/mol. The molecule has 0 bridgehead atoms. The van der Waals surface area contributed by atoms with Crippen LogP contribution >= 0.6 is 0 Å². The maximum absolute atomic E-state index is 6.04. The lowest BCUT2D eigenvalue weighted by Gasteiger charge is -2.40. The molecule has 1 fully saturated rings. The zero-order valence-corrected chi connectivity index (χ0v) is 12.3. The van der Waals surface area contributed by atoms with Crippen LogP contribution in [0.4, 0.5) is 0 Å². The number of hydrogen-bond acceptors (Lipinski definition) is 3. The zero-order valence-electron chi connectivity index (χ0n) is 12.3. The quantitative estimate of drug-likeness (QED) is 0.851. The molecule has 19 heavy (non-hydrogen) atoms. The van der Waals surface area contributed by atoms with E-state index >= 15 is 0 Å². The van der Waals surface area contributed by atoms with Crippen LogP contribution in [0.5, 0.6) is 0 Å². The Kier molecular flexibility index (Phi) is 5.46. The summed E-state index contributed by atoms with van der Waals surface area (Å²) in [6, 6.07) is 5.64. The van der Waals surface area contributed by atoms with Gasteiger partial charge in [-0.3, -0.25) is 4.90 Å². The molecule has 2 rings (SSSR count). The van der Waals surface area contributed by atoms with Crippen LogP contribution in [-0.2, 0) is 0 Å². The van der Waals surface area contributed by atoms with Crippen molar-refractivity contribution in [3.63, 3.8) is 0 Å². The fourth-order valence-electron chi connectivity index (χ4n) is 3.36. The first kappa shape index (κ1) is 14.6. The van der Waals surface area contributed by atoms with Crippen molar-refractivity contribution in [1.29, 1.82) is 0 Å². The molecule has 108 valence electrons. The van der Waals surface area contributed by atoms with E-state index in [1.54, 1.807) is 6.26 Å². The summed E-state index contributed by atoms with van der Waals surface area (Å²) < 4.78 is 5.66. The predicted molar refractivity (Wildman–Crippen MR) is 79.0 cm³/mol. The van der Waals surface area contributed by atoms with E-state index in [-0.39, 0.29) is 0 Å². The molecule has 1 aromatic rings. The van der Waals surface area contributed by atoms with Crippen LogP contribution < -0.4 is 5.73 Å². The number of rotatable bonds is 6. The summed E-state index contributed by atoms with van der Waals surface area (Å²) in [5.41, 5.74) is 6.04. The van der Waals surface area contributed by atoms with Crippen molar-refractivity contribution in [2.45, 2.75) is 70.5 Å². The fourth-order valence-corrected chi connectivity index (χ4v) is 3.36. The van der Waals surface area contributed by atoms with Crippen molar-refractivity contribution < 1.29 is 4.42 Å². The Labute approximate surface area is 117 Å². The van der Waals surface area contributed by atoms with Gasteiger partial charge in [0.15, 0.2) is 0 Å². The zero-order chi connectivity index (χ0) is 13.7. The van der Waals surface area contributed by atoms with Crippen LogP contribution in [0.15, 0.2) is 22.8 Å². The van der Waals surface area contributed by atoms with Gasteiger partial charge >= 0.3 is 0 Å². The topological polar surface area (TPSA) is 42.4 Å². The van der Waals surface area contributed by atoms with Crippen LogP contribution in [-0.4, -0.2) is 23.5 Å². The summed E-state index contributed by atoms with van der Waals surface area (Å²) in [4.78, 5) is 2.66. The van der Waals surface area contributed by atoms with E-state index in [4.69, 9.17) is 10.2 Å². The smallest absolute Gasteiger partial charge is 0.120 e. The number of nitrogens with zero attached hydrogens (tertiary/aromatic N) is 1. The number of hydrogen-bond donors (Lipinski definition) is 1. The van der Waals surface area contributed by atoms with Gasteiger partial charge in [0, 0.05) is 12.1 Å². The Morgan fingerprint density at radius 2 is 2.05 bits per heavy atom. The van der Waals surface area contributed by atoms with Crippen molar-refractivity contribution in [2.24, 2.45) is 5.73 Å². The number of nitrogens with two attached hydrogens (primary N) is 1. The van der Waals surface area contributed by atoms with Crippen LogP contribution in [0.3, 0.4) is 0 Å². The Hall–Kier alpha value is -0.800. The van der Waals surface area contributed by atoms with Gasteiger partial charge in [-0.15, -0.1) is 0 Å². The lowest BCUT2D eigenvalue weighted by atomic mass is 9.89. The largest absolute Gasteiger partial charge is 0.468 e. The molecule has 1 atom stereocenters. The average Bonchev–Trinajstić information content (AvgIpc) is 2.94. The second kappa shape index (κ2) is 7.11. The van der Waals surface area contributed by atoms with E-state index in [2.05, 4.69) is 24.8 Å². The molecular weight excluding hydrogens is 236 g/mol. The number of furan rings is 1. The van der Waals surface area contributed by atoms with Crippen molar-refractivity contribution >= 4 is 0 Å². The Bertz CT molecular complexity index is 342. The van der Waals surface area contributed by atoms with Gasteiger partial charge in [0.05, 0.1) is 12.3 Å². The van der Waals surface area contributed by atoms with Crippen LogP contribution in [0.2, 0.25) is 0 Å². The first-order valence-electron chi connectivity index (χ1n) is 7.81. The molecule has 1 saturated carbocycles. The highest BCUT2D eigenvalue weighted by Gasteiger charge is 2.30. The van der Waals surface area contributed by atoms with E-state index in [0.717, 1.165) is 18.7 Å². The highest BCUT2D eigenvalue weighted by Crippen LogP contribution is 2.32. The minimum atomic E-state index is 0.420. The maximum atomic E-state index is 6.04. The van der Waals surface area contributed by atoms with E-state index < -0.39 is 0 Å². The summed E-state index contributed by atoms with van der Waals surface area (Å²) in [7, 11) is 0. The van der Waals surface area contributed by atoms with E-state index in [1.807, 2.05) is 6.07 Å². The van der Waals surface area contributed by atoms with Gasteiger partial charge in [0.1, 0.15) is 5.76 Å². The van der Waals surface area contributed by atoms with Crippen LogP contribution in [0, 0.1) is 0 Å². The Balaban J connectivity index is 2.09. The Morgan fingerprint density at radius 1 is 1.32 bits per heavy atom. The third kappa shape index (κ3) is 3.61. The molecule has 0 amide bonds. The predicted octanol–water partition coefficient (Wildman–Crippen LogP) is 3.71. The maximum Gasteiger partial charge on any atom is 0.120 e. The standard InChI is InChI=1S/C16H28N2O/c1-3-11-18(14-9-7-13(17)8-10-14)15(4-2)16-6-5-12-19-16/h5-6,12-15H,3-4,7-11,17H2,1-2H3. The van der Waals surface area contributed by atoms with Crippen LogP contribution in [0.1, 0.15) is 64.2 Å². The molecule has 1 heterocycles. The molecule has 1 unspecified atom stereocenters. The molecule has 0 saturated heterocycles. The van der Waals surface area contributed by atoms with Gasteiger partial charge in [-0.25, -0.2) is 0 Å². The molecule has 0 aliphatic heterocycles. The molecule has 3 heteroatoms. The highest BCUT2D eigenvalue weighted by atomic mass is 16.3. The third-order valence-corrected chi connectivity index (χ3v) is 4.35. The lowest BCUT2D eigenvalue weighted by Crippen LogP contribution is -2.43. The molecule has 0 radical (unpaired) electrons. The first-order valence-corrected chi connectivity index (χ1v) is 7.81. The molecule has 1 aromatic heterocycles. The molecular formula is C16H28N2O. The van der Waals surface area contributed by atoms with Crippen molar-refractivity contribution in [1.82, 2.24) is 4.90 Å². The summed E-state index contributed by atoms with van der Waals surface area (Å²) in [5.74, 6) is 1.12. The molecule has 2 N–H and O–H groups in total. The normalized spacial score (nSPS) is 25.7. The molecule has 0 aromatic carbocycles. The van der Waals surface area contributed by atoms with Gasteiger partial charge in [0.2, 0.25) is 0 Å². The molecule has 3 nitrogen and oxygen atoms in total. The third-order valence-electron chi connectivity index (χ3n) is 4.35. The summed E-state index contributed by atoms with van der Waals surface area (Å²) in [5, 5.41) is 0. The second-order valence-corrected chi connectivity index (χ2v) is 5.75. The van der Waals surface area contributed by atoms with Gasteiger partial charge in [-0.2, -0.15) is 0 Å². The minimum Gasteiger partial charge on any atom is -0.468 e. The Morgan fingerprint density at radius 3 is 2.58 bits per heavy atom. The minimum absolute atomic E-state index is 0.420. The van der Waals surface area contributed by atoms with Crippen molar-refractivity contribution in [2.75, 3.05) is 6.54 Å². The lowest BCUT2D eigenvalue weighted by molar-refractivity contribution is 0.0844. The second-order valence-electron chi connectivity index (χ2n) is 5.75. The van der Waals surface area contributed by atoms with Gasteiger partial charge in [-0.1, -0.05) is 13.8 Å². The van der Waals surface area contributed by atoms with E-state index in [1.165, 1.54) is 32.1 Å². The van der Waals surface area contributed by atoms with Gasteiger partial charge in [-0.05, 0) is 57.2 Å². The SMILES string of the molecule is CCCN(C1CCC(N)CC1)C(CC)c1ccco1. The highest BCUT2D eigenvalue weighted by molar-refractivity contribution is 5.05. The van der Waals surface area contributed by atoms with Crippen LogP contribution in [0.25, 0.3) is 0 Å². The van der Waals surface area contributed by atoms with Gasteiger partial charge < -0.3 is 10.2 Å². The van der Waals surface area contributed by atoms with Gasteiger partial charge in [0.25, 0.3) is 0 Å².